The van der Waals surface area contributed by atoms with E-state index < -0.39 is 12.0 Å². The van der Waals surface area contributed by atoms with Crippen LogP contribution < -0.4 is 5.11 Å². The van der Waals surface area contributed by atoms with Gasteiger partial charge in [-0.15, -0.1) is 0 Å². The number of rotatable bonds is 5. The van der Waals surface area contributed by atoms with Crippen LogP contribution >= 0.6 is 11.6 Å². The third kappa shape index (κ3) is 5.00. The average molecular weight is 253 g/mol. The van der Waals surface area contributed by atoms with Crippen molar-refractivity contribution < 1.29 is 9.90 Å². The van der Waals surface area contributed by atoms with Gasteiger partial charge in [0.15, 0.2) is 0 Å². The number of carboxylic acids is 1. The van der Waals surface area contributed by atoms with Gasteiger partial charge in [-0.05, 0) is 30.0 Å². The number of aliphatic carboxylic acids is 1. The number of carbonyl (C=O) groups excluding carboxylic acids is 1. The summed E-state index contributed by atoms with van der Waals surface area (Å²) >= 11 is 5.75. The van der Waals surface area contributed by atoms with Gasteiger partial charge in [-0.3, -0.25) is 4.99 Å². The van der Waals surface area contributed by atoms with Gasteiger partial charge in [-0.2, -0.15) is 0 Å². The number of carboxylic acid groups (broad SMARTS) is 1. The molecular weight excluding hydrogens is 238 g/mol. The summed E-state index contributed by atoms with van der Waals surface area (Å²) in [5.74, 6) is -0.871. The zero-order chi connectivity index (χ0) is 12.8. The lowest BCUT2D eigenvalue weighted by molar-refractivity contribution is -0.307. The Morgan fingerprint density at radius 2 is 2.00 bits per heavy atom. The molecule has 0 unspecified atom stereocenters. The second-order valence-electron chi connectivity index (χ2n) is 4.29. The Kier molecular flexibility index (Phi) is 5.16. The smallest absolute Gasteiger partial charge is 0.0895 e. The van der Waals surface area contributed by atoms with Crippen molar-refractivity contribution in [2.24, 2.45) is 10.9 Å². The van der Waals surface area contributed by atoms with E-state index in [1.54, 1.807) is 30.5 Å². The topological polar surface area (TPSA) is 52.5 Å². The van der Waals surface area contributed by atoms with Gasteiger partial charge in [-0.25, -0.2) is 0 Å². The van der Waals surface area contributed by atoms with Gasteiger partial charge in [0.25, 0.3) is 0 Å². The Morgan fingerprint density at radius 1 is 1.41 bits per heavy atom. The van der Waals surface area contributed by atoms with Gasteiger partial charge in [-0.1, -0.05) is 37.6 Å². The van der Waals surface area contributed by atoms with Gasteiger partial charge < -0.3 is 9.90 Å². The highest BCUT2D eigenvalue weighted by Crippen LogP contribution is 2.10. The van der Waals surface area contributed by atoms with E-state index in [0.29, 0.717) is 11.4 Å². The number of hydrogen-bond acceptors (Lipinski definition) is 3. The van der Waals surface area contributed by atoms with Crippen LogP contribution in [0.15, 0.2) is 29.3 Å². The van der Waals surface area contributed by atoms with E-state index in [1.807, 2.05) is 13.8 Å². The molecule has 0 aliphatic rings. The number of aliphatic imine (C=N–C) groups is 1. The van der Waals surface area contributed by atoms with Crippen molar-refractivity contribution in [3.8, 4) is 0 Å². The minimum Gasteiger partial charge on any atom is -0.548 e. The van der Waals surface area contributed by atoms with Crippen molar-refractivity contribution in [3.63, 3.8) is 0 Å². The SMILES string of the molecule is CC(C)C[C@H](N=Cc1ccc(Cl)cc1)C(=O)[O-]. The molecule has 0 amide bonds. The number of nitrogens with zero attached hydrogens (tertiary/aromatic N) is 1. The van der Waals surface area contributed by atoms with Gasteiger partial charge in [0.2, 0.25) is 0 Å². The average Bonchev–Trinajstić information content (AvgIpc) is 2.25. The molecule has 0 spiro atoms. The zero-order valence-electron chi connectivity index (χ0n) is 9.89. The summed E-state index contributed by atoms with van der Waals surface area (Å²) in [6.45, 7) is 3.90. The second-order valence-corrected chi connectivity index (χ2v) is 4.73. The summed E-state index contributed by atoms with van der Waals surface area (Å²) in [4.78, 5) is 14.9. The number of hydrogen-bond donors (Lipinski definition) is 0. The molecule has 3 nitrogen and oxygen atoms in total. The van der Waals surface area contributed by atoms with Crippen molar-refractivity contribution >= 4 is 23.8 Å². The standard InChI is InChI=1S/C13H16ClNO2/c1-9(2)7-12(13(16)17)15-8-10-3-5-11(14)6-4-10/h3-6,8-9,12H,7H2,1-2H3,(H,16,17)/p-1/t12-/m0/s1. The van der Waals surface area contributed by atoms with Crippen molar-refractivity contribution in [2.75, 3.05) is 0 Å². The summed E-state index contributed by atoms with van der Waals surface area (Å²) in [5, 5.41) is 11.5. The predicted octanol–water partition coefficient (Wildman–Crippen LogP) is 1.92. The molecular formula is C13H15ClNO2-. The Morgan fingerprint density at radius 3 is 2.47 bits per heavy atom. The first-order chi connectivity index (χ1) is 7.99. The number of carbonyl (C=O) groups is 1. The third-order valence-corrected chi connectivity index (χ3v) is 2.49. The van der Waals surface area contributed by atoms with Crippen LogP contribution in [0.4, 0.5) is 0 Å². The molecule has 92 valence electrons. The molecule has 0 saturated carbocycles. The van der Waals surface area contributed by atoms with Crippen LogP contribution in [-0.2, 0) is 4.79 Å². The third-order valence-electron chi connectivity index (χ3n) is 2.24. The summed E-state index contributed by atoms with van der Waals surface area (Å²) in [6, 6.07) is 6.26. The molecule has 0 bridgehead atoms. The first-order valence-corrected chi connectivity index (χ1v) is 5.86. The fourth-order valence-electron chi connectivity index (χ4n) is 1.39. The molecule has 0 radical (unpaired) electrons. The minimum absolute atomic E-state index is 0.264. The van der Waals surface area contributed by atoms with Crippen LogP contribution in [0, 0.1) is 5.92 Å². The van der Waals surface area contributed by atoms with Crippen molar-refractivity contribution in [2.45, 2.75) is 26.3 Å². The van der Waals surface area contributed by atoms with Gasteiger partial charge >= 0.3 is 0 Å². The molecule has 0 saturated heterocycles. The van der Waals surface area contributed by atoms with Gasteiger partial charge in [0.1, 0.15) is 0 Å². The Labute approximate surface area is 106 Å². The molecule has 0 aliphatic carbocycles. The molecule has 1 aromatic carbocycles. The highest BCUT2D eigenvalue weighted by atomic mass is 35.5. The lowest BCUT2D eigenvalue weighted by atomic mass is 10.0. The largest absolute Gasteiger partial charge is 0.548 e. The van der Waals surface area contributed by atoms with Crippen LogP contribution in [0.2, 0.25) is 5.02 Å². The van der Waals surface area contributed by atoms with E-state index in [0.717, 1.165) is 5.56 Å². The van der Waals surface area contributed by atoms with E-state index in [4.69, 9.17) is 11.6 Å². The van der Waals surface area contributed by atoms with Gasteiger partial charge in [0.05, 0.1) is 12.0 Å². The fraction of sp³-hybridized carbons (Fsp3) is 0.385. The second kappa shape index (κ2) is 6.40. The fourth-order valence-corrected chi connectivity index (χ4v) is 1.52. The Hall–Kier alpha value is -1.35. The van der Waals surface area contributed by atoms with E-state index in [1.165, 1.54) is 0 Å². The van der Waals surface area contributed by atoms with Crippen LogP contribution in [0.3, 0.4) is 0 Å². The molecule has 0 N–H and O–H groups in total. The molecule has 1 aromatic rings. The molecule has 1 atom stereocenters. The molecule has 1 rings (SSSR count). The minimum atomic E-state index is -1.14. The maximum Gasteiger partial charge on any atom is 0.0895 e. The van der Waals surface area contributed by atoms with E-state index in [9.17, 15) is 9.90 Å². The maximum atomic E-state index is 10.9. The summed E-state index contributed by atoms with van der Waals surface area (Å²) in [7, 11) is 0. The molecule has 0 fully saturated rings. The summed E-state index contributed by atoms with van der Waals surface area (Å²) in [5.41, 5.74) is 0.824. The molecule has 0 aromatic heterocycles. The van der Waals surface area contributed by atoms with Gasteiger partial charge in [0, 0.05) is 11.2 Å². The van der Waals surface area contributed by atoms with E-state index >= 15 is 0 Å². The van der Waals surface area contributed by atoms with Crippen LogP contribution in [0.1, 0.15) is 25.8 Å². The first-order valence-electron chi connectivity index (χ1n) is 5.48. The highest BCUT2D eigenvalue weighted by molar-refractivity contribution is 6.30. The Bertz CT molecular complexity index is 398. The van der Waals surface area contributed by atoms with Crippen LogP contribution in [-0.4, -0.2) is 18.2 Å². The number of benzene rings is 1. The quantitative estimate of drug-likeness (QED) is 0.752. The number of halogens is 1. The monoisotopic (exact) mass is 252 g/mol. The highest BCUT2D eigenvalue weighted by Gasteiger charge is 2.09. The molecule has 4 heteroatoms. The maximum absolute atomic E-state index is 10.9. The van der Waals surface area contributed by atoms with Crippen molar-refractivity contribution in [1.29, 1.82) is 0 Å². The normalized spacial score (nSPS) is 13.2. The Balaban J connectivity index is 2.72. The lowest BCUT2D eigenvalue weighted by Crippen LogP contribution is -2.35. The first kappa shape index (κ1) is 13.7. The molecule has 0 heterocycles. The van der Waals surface area contributed by atoms with E-state index in [2.05, 4.69) is 4.99 Å². The van der Waals surface area contributed by atoms with Crippen LogP contribution in [0.25, 0.3) is 0 Å². The summed E-state index contributed by atoms with van der Waals surface area (Å²) < 4.78 is 0. The lowest BCUT2D eigenvalue weighted by Gasteiger charge is -2.15. The zero-order valence-corrected chi connectivity index (χ0v) is 10.6. The predicted molar refractivity (Wildman–Crippen MR) is 67.3 cm³/mol. The van der Waals surface area contributed by atoms with Crippen LogP contribution in [0.5, 0.6) is 0 Å². The molecule has 0 aliphatic heterocycles. The van der Waals surface area contributed by atoms with Crippen molar-refractivity contribution in [3.05, 3.63) is 34.9 Å². The van der Waals surface area contributed by atoms with Crippen molar-refractivity contribution in [1.82, 2.24) is 0 Å². The summed E-state index contributed by atoms with van der Waals surface area (Å²) in [6.07, 6.45) is 2.02. The molecule has 17 heavy (non-hydrogen) atoms. The van der Waals surface area contributed by atoms with E-state index in [-0.39, 0.29) is 5.92 Å².